The van der Waals surface area contributed by atoms with Crippen molar-refractivity contribution in [3.05, 3.63) is 0 Å². The Morgan fingerprint density at radius 2 is 2.19 bits per heavy atom. The number of Topliss-reactive ketones (excluding diaryl/α,β-unsaturated/α-hetero) is 1. The maximum absolute atomic E-state index is 11.2. The molecule has 0 saturated carbocycles. The van der Waals surface area contributed by atoms with E-state index in [1.165, 1.54) is 0 Å². The predicted molar refractivity (Wildman–Crippen MR) is 62.6 cm³/mol. The summed E-state index contributed by atoms with van der Waals surface area (Å²) in [5.74, 6) is 0.403. The van der Waals surface area contributed by atoms with Crippen molar-refractivity contribution >= 4 is 5.78 Å². The molecule has 16 heavy (non-hydrogen) atoms. The molecule has 0 aromatic heterocycles. The number of hydrogen-bond acceptors (Lipinski definition) is 4. The fourth-order valence-corrected chi connectivity index (χ4v) is 2.00. The second kappa shape index (κ2) is 7.76. The normalized spacial score (nSPS) is 22.6. The van der Waals surface area contributed by atoms with Gasteiger partial charge in [0.2, 0.25) is 0 Å². The second-order valence-corrected chi connectivity index (χ2v) is 4.34. The maximum Gasteiger partial charge on any atom is 0.135 e. The van der Waals surface area contributed by atoms with Crippen LogP contribution in [0.5, 0.6) is 0 Å². The molecule has 0 amide bonds. The van der Waals surface area contributed by atoms with Gasteiger partial charge in [-0.25, -0.2) is 0 Å². The van der Waals surface area contributed by atoms with Gasteiger partial charge in [0.25, 0.3) is 0 Å². The van der Waals surface area contributed by atoms with E-state index in [0.29, 0.717) is 31.5 Å². The lowest BCUT2D eigenvalue weighted by molar-refractivity contribution is -0.122. The largest absolute Gasteiger partial charge is 0.382 e. The zero-order valence-electron chi connectivity index (χ0n) is 10.4. The smallest absolute Gasteiger partial charge is 0.135 e. The summed E-state index contributed by atoms with van der Waals surface area (Å²) in [5, 5.41) is 0. The molecule has 94 valence electrons. The van der Waals surface area contributed by atoms with Crippen molar-refractivity contribution < 1.29 is 14.3 Å². The van der Waals surface area contributed by atoms with E-state index in [9.17, 15) is 4.79 Å². The van der Waals surface area contributed by atoms with Crippen LogP contribution in [0, 0.1) is 0 Å². The lowest BCUT2D eigenvalue weighted by atomic mass is 10.0. The monoisotopic (exact) mass is 229 g/mol. The highest BCUT2D eigenvalue weighted by atomic mass is 16.5. The Morgan fingerprint density at radius 3 is 2.88 bits per heavy atom. The number of hydrogen-bond donors (Lipinski definition) is 0. The van der Waals surface area contributed by atoms with E-state index >= 15 is 0 Å². The molecule has 4 nitrogen and oxygen atoms in total. The second-order valence-electron chi connectivity index (χ2n) is 4.34. The van der Waals surface area contributed by atoms with Gasteiger partial charge in [0.1, 0.15) is 5.78 Å². The van der Waals surface area contributed by atoms with Gasteiger partial charge in [-0.1, -0.05) is 0 Å². The molecule has 0 radical (unpaired) electrons. The third kappa shape index (κ3) is 5.05. The molecule has 1 saturated heterocycles. The van der Waals surface area contributed by atoms with E-state index in [-0.39, 0.29) is 0 Å². The summed E-state index contributed by atoms with van der Waals surface area (Å²) in [6.07, 6.45) is 2.46. The molecule has 0 aromatic carbocycles. The number of likely N-dealkylation sites (tertiary alicyclic amines) is 1. The van der Waals surface area contributed by atoms with Crippen LogP contribution in [-0.2, 0) is 14.3 Å². The van der Waals surface area contributed by atoms with Crippen LogP contribution in [-0.4, -0.2) is 56.7 Å². The molecule has 0 spiro atoms. The maximum atomic E-state index is 11.2. The number of nitrogens with zero attached hydrogens (tertiary/aromatic N) is 1. The van der Waals surface area contributed by atoms with Crippen molar-refractivity contribution in [2.45, 2.75) is 32.2 Å². The number of ether oxygens (including phenoxy) is 2. The third-order valence-corrected chi connectivity index (χ3v) is 2.99. The zero-order valence-corrected chi connectivity index (χ0v) is 10.4. The molecule has 1 fully saturated rings. The van der Waals surface area contributed by atoms with Crippen LogP contribution < -0.4 is 0 Å². The summed E-state index contributed by atoms with van der Waals surface area (Å²) in [5.41, 5.74) is 0. The summed E-state index contributed by atoms with van der Waals surface area (Å²) in [6, 6.07) is 0.403. The van der Waals surface area contributed by atoms with Crippen LogP contribution >= 0.6 is 0 Å². The van der Waals surface area contributed by atoms with Crippen molar-refractivity contribution in [3.63, 3.8) is 0 Å². The SMILES string of the molecule is COCCOCCCN1CCC(=O)CC1C. The van der Waals surface area contributed by atoms with Gasteiger partial charge in [-0.05, 0) is 13.3 Å². The Morgan fingerprint density at radius 1 is 1.38 bits per heavy atom. The van der Waals surface area contributed by atoms with Gasteiger partial charge in [-0.2, -0.15) is 0 Å². The van der Waals surface area contributed by atoms with Crippen LogP contribution in [0.1, 0.15) is 26.2 Å². The number of rotatable bonds is 7. The first-order valence-electron chi connectivity index (χ1n) is 6.06. The number of ketones is 1. The number of carbonyl (C=O) groups excluding carboxylic acids is 1. The molecule has 0 aromatic rings. The van der Waals surface area contributed by atoms with Gasteiger partial charge in [0.05, 0.1) is 13.2 Å². The van der Waals surface area contributed by atoms with Gasteiger partial charge in [-0.3, -0.25) is 9.69 Å². The van der Waals surface area contributed by atoms with Gasteiger partial charge in [0.15, 0.2) is 0 Å². The summed E-state index contributed by atoms with van der Waals surface area (Å²) in [7, 11) is 1.68. The highest BCUT2D eigenvalue weighted by molar-refractivity contribution is 5.79. The Hall–Kier alpha value is -0.450. The molecule has 1 unspecified atom stereocenters. The first kappa shape index (κ1) is 13.6. The van der Waals surface area contributed by atoms with Crippen LogP contribution in [0.3, 0.4) is 0 Å². The molecular formula is C12H23NO3. The standard InChI is InChI=1S/C12H23NO3/c1-11-10-12(14)4-6-13(11)5-3-7-16-9-8-15-2/h11H,3-10H2,1-2H3. The van der Waals surface area contributed by atoms with E-state index < -0.39 is 0 Å². The molecule has 1 aliphatic rings. The van der Waals surface area contributed by atoms with Crippen LogP contribution in [0.15, 0.2) is 0 Å². The van der Waals surface area contributed by atoms with Crippen molar-refractivity contribution in [1.82, 2.24) is 4.90 Å². The first-order chi connectivity index (χ1) is 7.74. The summed E-state index contributed by atoms with van der Waals surface area (Å²) in [4.78, 5) is 13.6. The van der Waals surface area contributed by atoms with Crippen LogP contribution in [0.25, 0.3) is 0 Å². The molecule has 1 rings (SSSR count). The highest BCUT2D eigenvalue weighted by Crippen LogP contribution is 2.13. The minimum atomic E-state index is 0.403. The molecular weight excluding hydrogens is 206 g/mol. The number of methoxy groups -OCH3 is 1. The van der Waals surface area contributed by atoms with E-state index in [1.54, 1.807) is 7.11 Å². The highest BCUT2D eigenvalue weighted by Gasteiger charge is 2.22. The Balaban J connectivity index is 2.02. The van der Waals surface area contributed by atoms with Crippen molar-refractivity contribution in [2.24, 2.45) is 0 Å². The van der Waals surface area contributed by atoms with Gasteiger partial charge in [-0.15, -0.1) is 0 Å². The fraction of sp³-hybridized carbons (Fsp3) is 0.917. The summed E-state index contributed by atoms with van der Waals surface area (Å²) < 4.78 is 10.3. The van der Waals surface area contributed by atoms with Crippen LogP contribution in [0.2, 0.25) is 0 Å². The lowest BCUT2D eigenvalue weighted by Gasteiger charge is -2.32. The first-order valence-corrected chi connectivity index (χ1v) is 6.06. The van der Waals surface area contributed by atoms with E-state index in [1.807, 2.05) is 0 Å². The van der Waals surface area contributed by atoms with E-state index in [2.05, 4.69) is 11.8 Å². The van der Waals surface area contributed by atoms with E-state index in [4.69, 9.17) is 9.47 Å². The Kier molecular flexibility index (Phi) is 6.61. The number of carbonyl (C=O) groups is 1. The molecule has 0 aliphatic carbocycles. The van der Waals surface area contributed by atoms with Gasteiger partial charge in [0, 0.05) is 45.7 Å². The Labute approximate surface area is 97.9 Å². The van der Waals surface area contributed by atoms with Crippen LogP contribution in [0.4, 0.5) is 0 Å². The third-order valence-electron chi connectivity index (χ3n) is 2.99. The lowest BCUT2D eigenvalue weighted by Crippen LogP contribution is -2.41. The average molecular weight is 229 g/mol. The topological polar surface area (TPSA) is 38.8 Å². The van der Waals surface area contributed by atoms with Gasteiger partial charge < -0.3 is 9.47 Å². The predicted octanol–water partition coefficient (Wildman–Crippen LogP) is 1.09. The zero-order chi connectivity index (χ0) is 11.8. The molecule has 0 N–H and O–H groups in total. The number of piperidine rings is 1. The van der Waals surface area contributed by atoms with Crippen molar-refractivity contribution in [3.8, 4) is 0 Å². The summed E-state index contributed by atoms with van der Waals surface area (Å²) in [6.45, 7) is 6.18. The van der Waals surface area contributed by atoms with Gasteiger partial charge >= 0.3 is 0 Å². The Bertz CT molecular complexity index is 208. The molecule has 1 heterocycles. The molecule has 1 atom stereocenters. The van der Waals surface area contributed by atoms with E-state index in [0.717, 1.165) is 32.5 Å². The molecule has 1 aliphatic heterocycles. The molecule has 4 heteroatoms. The van der Waals surface area contributed by atoms with Crippen molar-refractivity contribution in [1.29, 1.82) is 0 Å². The fourth-order valence-electron chi connectivity index (χ4n) is 2.00. The quantitative estimate of drug-likeness (QED) is 0.613. The molecule has 0 bridgehead atoms. The average Bonchev–Trinajstić information content (AvgIpc) is 2.26. The minimum absolute atomic E-state index is 0.403. The summed E-state index contributed by atoms with van der Waals surface area (Å²) >= 11 is 0. The minimum Gasteiger partial charge on any atom is -0.382 e. The van der Waals surface area contributed by atoms with Crippen molar-refractivity contribution in [2.75, 3.05) is 40.0 Å².